The third-order valence-corrected chi connectivity index (χ3v) is 2.63. The summed E-state index contributed by atoms with van der Waals surface area (Å²) in [6.45, 7) is 4.47. The first-order valence-corrected chi connectivity index (χ1v) is 6.01. The molecule has 4 nitrogen and oxygen atoms in total. The number of hydrogen-bond acceptors (Lipinski definition) is 3. The summed E-state index contributed by atoms with van der Waals surface area (Å²) in [4.78, 5) is 25.0. The van der Waals surface area contributed by atoms with Gasteiger partial charge in [0.05, 0.1) is 7.11 Å². The molecule has 0 aliphatic carbocycles. The Morgan fingerprint density at radius 3 is 2.33 bits per heavy atom. The minimum Gasteiger partial charge on any atom is -0.468 e. The van der Waals surface area contributed by atoms with E-state index in [2.05, 4.69) is 4.74 Å². The lowest BCUT2D eigenvalue weighted by Crippen LogP contribution is -2.36. The van der Waals surface area contributed by atoms with Gasteiger partial charge in [-0.15, -0.1) is 0 Å². The zero-order chi connectivity index (χ0) is 13.5. The van der Waals surface area contributed by atoms with Crippen LogP contribution in [-0.2, 0) is 9.53 Å². The number of aryl methyl sites for hydroxylation is 1. The number of benzene rings is 1. The molecule has 0 fully saturated rings. The number of hydrogen-bond donors (Lipinski definition) is 0. The molecule has 0 N–H and O–H groups in total. The van der Waals surface area contributed by atoms with Gasteiger partial charge in [0.15, 0.2) is 0 Å². The number of amides is 1. The lowest BCUT2D eigenvalue weighted by Gasteiger charge is -2.20. The van der Waals surface area contributed by atoms with E-state index in [-0.39, 0.29) is 12.5 Å². The maximum Gasteiger partial charge on any atom is 0.325 e. The van der Waals surface area contributed by atoms with Gasteiger partial charge in [-0.3, -0.25) is 9.59 Å². The van der Waals surface area contributed by atoms with E-state index in [0.29, 0.717) is 12.1 Å². The summed E-state index contributed by atoms with van der Waals surface area (Å²) in [5.41, 5.74) is 1.69. The van der Waals surface area contributed by atoms with Crippen LogP contribution in [-0.4, -0.2) is 37.0 Å². The topological polar surface area (TPSA) is 46.6 Å². The molecule has 0 radical (unpaired) electrons. The van der Waals surface area contributed by atoms with E-state index in [4.69, 9.17) is 0 Å². The van der Waals surface area contributed by atoms with Crippen molar-refractivity contribution in [2.45, 2.75) is 20.3 Å². The molecule has 4 heteroatoms. The monoisotopic (exact) mass is 249 g/mol. The van der Waals surface area contributed by atoms with Crippen LogP contribution in [0.2, 0.25) is 0 Å². The Morgan fingerprint density at radius 1 is 1.22 bits per heavy atom. The maximum absolute atomic E-state index is 12.2. The van der Waals surface area contributed by atoms with Crippen LogP contribution in [0.25, 0.3) is 0 Å². The molecular weight excluding hydrogens is 230 g/mol. The van der Waals surface area contributed by atoms with Crippen molar-refractivity contribution in [1.82, 2.24) is 4.90 Å². The zero-order valence-corrected chi connectivity index (χ0v) is 11.1. The van der Waals surface area contributed by atoms with Gasteiger partial charge in [-0.1, -0.05) is 24.6 Å². The first kappa shape index (κ1) is 14.2. The number of nitrogens with zero attached hydrogens (tertiary/aromatic N) is 1. The van der Waals surface area contributed by atoms with Crippen LogP contribution in [0.5, 0.6) is 0 Å². The fourth-order valence-corrected chi connectivity index (χ4v) is 1.62. The number of rotatable bonds is 5. The van der Waals surface area contributed by atoms with Crippen LogP contribution >= 0.6 is 0 Å². The smallest absolute Gasteiger partial charge is 0.325 e. The van der Waals surface area contributed by atoms with Gasteiger partial charge in [-0.2, -0.15) is 0 Å². The summed E-state index contributed by atoms with van der Waals surface area (Å²) in [7, 11) is 1.32. The highest BCUT2D eigenvalue weighted by molar-refractivity contribution is 5.96. The standard InChI is InChI=1S/C14H19NO3/c1-4-9-15(10-13(16)18-3)14(17)12-7-5-11(2)6-8-12/h5-8H,4,9-10H2,1-3H3. The molecule has 0 bridgehead atoms. The number of methoxy groups -OCH3 is 1. The van der Waals surface area contributed by atoms with E-state index >= 15 is 0 Å². The van der Waals surface area contributed by atoms with Crippen LogP contribution in [0.3, 0.4) is 0 Å². The Hall–Kier alpha value is -1.84. The maximum atomic E-state index is 12.2. The van der Waals surface area contributed by atoms with E-state index in [0.717, 1.165) is 12.0 Å². The highest BCUT2D eigenvalue weighted by Crippen LogP contribution is 2.08. The van der Waals surface area contributed by atoms with Crippen LogP contribution in [0.1, 0.15) is 29.3 Å². The average molecular weight is 249 g/mol. The summed E-state index contributed by atoms with van der Waals surface area (Å²) in [5.74, 6) is -0.536. The quantitative estimate of drug-likeness (QED) is 0.750. The molecule has 1 aromatic carbocycles. The van der Waals surface area contributed by atoms with Crippen LogP contribution in [0.15, 0.2) is 24.3 Å². The van der Waals surface area contributed by atoms with Gasteiger partial charge < -0.3 is 9.64 Å². The van der Waals surface area contributed by atoms with Crippen molar-refractivity contribution in [2.75, 3.05) is 20.2 Å². The predicted octanol–water partition coefficient (Wildman–Crippen LogP) is 2.02. The van der Waals surface area contributed by atoms with E-state index in [9.17, 15) is 9.59 Å². The molecule has 1 rings (SSSR count). The molecule has 0 saturated carbocycles. The van der Waals surface area contributed by atoms with Gasteiger partial charge in [0.2, 0.25) is 0 Å². The lowest BCUT2D eigenvalue weighted by molar-refractivity contribution is -0.141. The van der Waals surface area contributed by atoms with Gasteiger partial charge in [0, 0.05) is 12.1 Å². The normalized spacial score (nSPS) is 9.94. The molecular formula is C14H19NO3. The molecule has 0 spiro atoms. The number of ether oxygens (including phenoxy) is 1. The van der Waals surface area contributed by atoms with Crippen molar-refractivity contribution < 1.29 is 14.3 Å². The largest absolute Gasteiger partial charge is 0.468 e. The Kier molecular flexibility index (Phi) is 5.36. The third-order valence-electron chi connectivity index (χ3n) is 2.63. The van der Waals surface area contributed by atoms with E-state index in [1.807, 2.05) is 26.0 Å². The minimum absolute atomic E-state index is 0.00293. The number of carbonyl (C=O) groups excluding carboxylic acids is 2. The Balaban J connectivity index is 2.81. The van der Waals surface area contributed by atoms with Crippen LogP contribution < -0.4 is 0 Å². The lowest BCUT2D eigenvalue weighted by atomic mass is 10.1. The second-order valence-electron chi connectivity index (χ2n) is 4.17. The average Bonchev–Trinajstić information content (AvgIpc) is 2.38. The molecule has 0 heterocycles. The van der Waals surface area contributed by atoms with E-state index < -0.39 is 5.97 Å². The summed E-state index contributed by atoms with van der Waals surface area (Å²) in [6.07, 6.45) is 0.800. The van der Waals surface area contributed by atoms with Crippen LogP contribution in [0.4, 0.5) is 0 Å². The zero-order valence-electron chi connectivity index (χ0n) is 11.1. The third kappa shape index (κ3) is 3.87. The fourth-order valence-electron chi connectivity index (χ4n) is 1.62. The number of esters is 1. The van der Waals surface area contributed by atoms with Gasteiger partial charge >= 0.3 is 5.97 Å². The van der Waals surface area contributed by atoms with Crippen molar-refractivity contribution >= 4 is 11.9 Å². The summed E-state index contributed by atoms with van der Waals surface area (Å²) >= 11 is 0. The molecule has 0 aliphatic heterocycles. The molecule has 0 atom stereocenters. The fraction of sp³-hybridized carbons (Fsp3) is 0.429. The molecule has 1 amide bonds. The highest BCUT2D eigenvalue weighted by Gasteiger charge is 2.18. The predicted molar refractivity (Wildman–Crippen MR) is 69.4 cm³/mol. The van der Waals surface area contributed by atoms with Crippen molar-refractivity contribution in [3.8, 4) is 0 Å². The van der Waals surface area contributed by atoms with E-state index in [1.165, 1.54) is 12.0 Å². The van der Waals surface area contributed by atoms with Gasteiger partial charge in [0.25, 0.3) is 5.91 Å². The SMILES string of the molecule is CCCN(CC(=O)OC)C(=O)c1ccc(C)cc1. The molecule has 0 saturated heterocycles. The van der Waals surface area contributed by atoms with Crippen molar-refractivity contribution in [3.63, 3.8) is 0 Å². The van der Waals surface area contributed by atoms with Crippen molar-refractivity contribution in [1.29, 1.82) is 0 Å². The molecule has 98 valence electrons. The molecule has 0 unspecified atom stereocenters. The molecule has 1 aromatic rings. The van der Waals surface area contributed by atoms with Crippen molar-refractivity contribution in [3.05, 3.63) is 35.4 Å². The Labute approximate surface area is 108 Å². The molecule has 18 heavy (non-hydrogen) atoms. The summed E-state index contributed by atoms with van der Waals surface area (Å²) in [6, 6.07) is 7.32. The first-order chi connectivity index (χ1) is 8.58. The van der Waals surface area contributed by atoms with Gasteiger partial charge in [-0.05, 0) is 25.5 Å². The highest BCUT2D eigenvalue weighted by atomic mass is 16.5. The van der Waals surface area contributed by atoms with Gasteiger partial charge in [0.1, 0.15) is 6.54 Å². The Morgan fingerprint density at radius 2 is 1.83 bits per heavy atom. The summed E-state index contributed by atoms with van der Waals surface area (Å²) in [5, 5.41) is 0. The minimum atomic E-state index is -0.399. The molecule has 0 aromatic heterocycles. The second-order valence-corrected chi connectivity index (χ2v) is 4.17. The Bertz CT molecular complexity index is 412. The summed E-state index contributed by atoms with van der Waals surface area (Å²) < 4.78 is 4.60. The second kappa shape index (κ2) is 6.79. The first-order valence-electron chi connectivity index (χ1n) is 6.01. The van der Waals surface area contributed by atoms with Crippen LogP contribution in [0, 0.1) is 6.92 Å². The number of carbonyl (C=O) groups is 2. The van der Waals surface area contributed by atoms with E-state index in [1.54, 1.807) is 12.1 Å². The van der Waals surface area contributed by atoms with Crippen molar-refractivity contribution in [2.24, 2.45) is 0 Å². The van der Waals surface area contributed by atoms with Gasteiger partial charge in [-0.25, -0.2) is 0 Å². The molecule has 0 aliphatic rings.